The van der Waals surface area contributed by atoms with Crippen LogP contribution in [0.4, 0.5) is 0 Å². The van der Waals surface area contributed by atoms with Crippen LogP contribution in [0, 0.1) is 5.92 Å². The standard InChI is InChI=1S/C19H27NO4.C9H19NO/c1-3-4-5-6-7-15-18(19(21)22)14(11-20(15)2)13-8-9-16-17(10-13)24-12-23-16;1-3-5-7-10(9-11)8-6-4-2/h8-10,14-15,18H,3-7,11-12H2,1-2H3,(H,21,22);9H,3-8H2,1-2H3. The lowest BCUT2D eigenvalue weighted by atomic mass is 9.83. The molecular formula is C28H46N2O5. The molecule has 2 aliphatic heterocycles. The zero-order valence-electron chi connectivity index (χ0n) is 22.2. The molecule has 7 nitrogen and oxygen atoms in total. The third-order valence-electron chi connectivity index (χ3n) is 7.11. The van der Waals surface area contributed by atoms with E-state index < -0.39 is 5.97 Å². The number of likely N-dealkylation sites (tertiary alicyclic amines) is 1. The topological polar surface area (TPSA) is 79.3 Å². The number of nitrogens with zero attached hydrogens (tertiary/aromatic N) is 2. The maximum atomic E-state index is 12.0. The van der Waals surface area contributed by atoms with Gasteiger partial charge in [-0.1, -0.05) is 65.4 Å². The number of aliphatic carboxylic acids is 1. The number of ether oxygens (including phenoxy) is 2. The van der Waals surface area contributed by atoms with Gasteiger partial charge in [-0.25, -0.2) is 0 Å². The molecule has 2 aliphatic rings. The molecule has 0 radical (unpaired) electrons. The zero-order chi connectivity index (χ0) is 25.6. The maximum Gasteiger partial charge on any atom is 0.308 e. The number of carbonyl (C=O) groups is 2. The number of fused-ring (bicyclic) bond motifs is 1. The molecule has 7 heteroatoms. The van der Waals surface area contributed by atoms with Crippen molar-refractivity contribution in [1.29, 1.82) is 0 Å². The molecular weight excluding hydrogens is 444 g/mol. The Morgan fingerprint density at radius 2 is 1.69 bits per heavy atom. The molecule has 3 rings (SSSR count). The first-order valence-corrected chi connectivity index (χ1v) is 13.5. The summed E-state index contributed by atoms with van der Waals surface area (Å²) in [4.78, 5) is 26.5. The molecule has 35 heavy (non-hydrogen) atoms. The molecule has 1 fully saturated rings. The average Bonchev–Trinajstić information content (AvgIpc) is 3.46. The summed E-state index contributed by atoms with van der Waals surface area (Å²) in [5.74, 6) is 0.413. The van der Waals surface area contributed by atoms with Crippen LogP contribution in [0.3, 0.4) is 0 Å². The first kappa shape index (κ1) is 29.0. The lowest BCUT2D eigenvalue weighted by Crippen LogP contribution is -2.33. The number of hydrogen-bond acceptors (Lipinski definition) is 5. The Kier molecular flexibility index (Phi) is 13.0. The smallest absolute Gasteiger partial charge is 0.308 e. The van der Waals surface area contributed by atoms with Gasteiger partial charge in [-0.15, -0.1) is 0 Å². The third kappa shape index (κ3) is 8.71. The molecule has 1 amide bonds. The lowest BCUT2D eigenvalue weighted by molar-refractivity contribution is -0.143. The predicted molar refractivity (Wildman–Crippen MR) is 139 cm³/mol. The minimum atomic E-state index is -0.692. The van der Waals surface area contributed by atoms with Gasteiger partial charge in [-0.3, -0.25) is 9.59 Å². The first-order chi connectivity index (χ1) is 17.0. The Bertz CT molecular complexity index is 764. The van der Waals surface area contributed by atoms with Crippen molar-refractivity contribution in [3.05, 3.63) is 23.8 Å². The summed E-state index contributed by atoms with van der Waals surface area (Å²) in [7, 11) is 2.05. The third-order valence-corrected chi connectivity index (χ3v) is 7.11. The van der Waals surface area contributed by atoms with Crippen LogP contribution < -0.4 is 9.47 Å². The second-order valence-electron chi connectivity index (χ2n) is 9.79. The minimum absolute atomic E-state index is 0.00169. The second-order valence-corrected chi connectivity index (χ2v) is 9.79. The van der Waals surface area contributed by atoms with Crippen LogP contribution >= 0.6 is 0 Å². The second kappa shape index (κ2) is 15.7. The fourth-order valence-corrected chi connectivity index (χ4v) is 5.01. The van der Waals surface area contributed by atoms with Gasteiger partial charge in [-0.05, 0) is 44.0 Å². The van der Waals surface area contributed by atoms with Gasteiger partial charge in [0, 0.05) is 31.6 Å². The van der Waals surface area contributed by atoms with E-state index in [0.717, 1.165) is 81.6 Å². The zero-order valence-corrected chi connectivity index (χ0v) is 22.2. The largest absolute Gasteiger partial charge is 0.481 e. The average molecular weight is 491 g/mol. The molecule has 0 aliphatic carbocycles. The Balaban J connectivity index is 0.000000334. The Hall–Kier alpha value is -2.28. The van der Waals surface area contributed by atoms with Crippen LogP contribution in [0.1, 0.15) is 90.0 Å². The van der Waals surface area contributed by atoms with Crippen molar-refractivity contribution in [2.45, 2.75) is 90.5 Å². The highest BCUT2D eigenvalue weighted by molar-refractivity contribution is 5.73. The minimum Gasteiger partial charge on any atom is -0.481 e. The molecule has 0 bridgehead atoms. The van der Waals surface area contributed by atoms with E-state index in [4.69, 9.17) is 9.47 Å². The number of unbranched alkanes of at least 4 members (excludes halogenated alkanes) is 5. The van der Waals surface area contributed by atoms with E-state index in [2.05, 4.69) is 25.7 Å². The van der Waals surface area contributed by atoms with Crippen LogP contribution in [-0.2, 0) is 9.59 Å². The van der Waals surface area contributed by atoms with E-state index in [-0.39, 0.29) is 24.7 Å². The first-order valence-electron chi connectivity index (χ1n) is 13.5. The quantitative estimate of drug-likeness (QED) is 0.273. The van der Waals surface area contributed by atoms with Crippen LogP contribution in [0.25, 0.3) is 0 Å². The van der Waals surface area contributed by atoms with Gasteiger partial charge < -0.3 is 24.4 Å². The Morgan fingerprint density at radius 3 is 2.29 bits per heavy atom. The van der Waals surface area contributed by atoms with Crippen molar-refractivity contribution in [3.8, 4) is 11.5 Å². The van der Waals surface area contributed by atoms with E-state index in [1.54, 1.807) is 0 Å². The van der Waals surface area contributed by atoms with Gasteiger partial charge in [-0.2, -0.15) is 0 Å². The van der Waals surface area contributed by atoms with E-state index in [1.165, 1.54) is 19.3 Å². The van der Waals surface area contributed by atoms with Gasteiger partial charge >= 0.3 is 5.97 Å². The van der Waals surface area contributed by atoms with Crippen LogP contribution in [0.5, 0.6) is 11.5 Å². The highest BCUT2D eigenvalue weighted by atomic mass is 16.7. The molecule has 1 aromatic carbocycles. The molecule has 1 saturated heterocycles. The van der Waals surface area contributed by atoms with Crippen molar-refractivity contribution in [2.75, 3.05) is 33.5 Å². The van der Waals surface area contributed by atoms with Gasteiger partial charge in [0.2, 0.25) is 13.2 Å². The number of likely N-dealkylation sites (N-methyl/N-ethyl adjacent to an activating group) is 1. The summed E-state index contributed by atoms with van der Waals surface area (Å²) in [6.45, 7) is 9.35. The summed E-state index contributed by atoms with van der Waals surface area (Å²) < 4.78 is 10.8. The molecule has 2 heterocycles. The fourth-order valence-electron chi connectivity index (χ4n) is 5.01. The summed E-state index contributed by atoms with van der Waals surface area (Å²) in [5, 5.41) is 9.85. The van der Waals surface area contributed by atoms with Crippen molar-refractivity contribution in [3.63, 3.8) is 0 Å². The lowest BCUT2D eigenvalue weighted by Gasteiger charge is -2.23. The molecule has 0 saturated carbocycles. The molecule has 0 spiro atoms. The SMILES string of the molecule is CCCCCCC1C(C(=O)O)C(c2ccc3c(c2)OCO3)CN1C.CCCCN(C=O)CCCC. The number of carboxylic acids is 1. The van der Waals surface area contributed by atoms with Crippen molar-refractivity contribution < 1.29 is 24.2 Å². The Morgan fingerprint density at radius 1 is 1.03 bits per heavy atom. The number of carbonyl (C=O) groups excluding carboxylic acids is 1. The highest BCUT2D eigenvalue weighted by Gasteiger charge is 2.44. The monoisotopic (exact) mass is 490 g/mol. The van der Waals surface area contributed by atoms with E-state index in [1.807, 2.05) is 30.1 Å². The van der Waals surface area contributed by atoms with Crippen LogP contribution in [0.2, 0.25) is 0 Å². The van der Waals surface area contributed by atoms with Crippen molar-refractivity contribution in [1.82, 2.24) is 9.80 Å². The van der Waals surface area contributed by atoms with Gasteiger partial charge in [0.25, 0.3) is 0 Å². The van der Waals surface area contributed by atoms with Crippen LogP contribution in [-0.4, -0.2) is 66.8 Å². The summed E-state index contributed by atoms with van der Waals surface area (Å²) in [6, 6.07) is 5.94. The molecule has 3 atom stereocenters. The molecule has 3 unspecified atom stereocenters. The number of rotatable bonds is 14. The molecule has 1 N–H and O–H groups in total. The van der Waals surface area contributed by atoms with Gasteiger partial charge in [0.1, 0.15) is 0 Å². The molecule has 1 aromatic rings. The highest BCUT2D eigenvalue weighted by Crippen LogP contribution is 2.42. The number of hydrogen-bond donors (Lipinski definition) is 1. The number of benzene rings is 1. The van der Waals surface area contributed by atoms with Gasteiger partial charge in [0.15, 0.2) is 11.5 Å². The van der Waals surface area contributed by atoms with E-state index in [9.17, 15) is 14.7 Å². The van der Waals surface area contributed by atoms with E-state index in [0.29, 0.717) is 0 Å². The summed E-state index contributed by atoms with van der Waals surface area (Å²) in [5.41, 5.74) is 1.04. The van der Waals surface area contributed by atoms with Crippen molar-refractivity contribution >= 4 is 12.4 Å². The number of amides is 1. The maximum absolute atomic E-state index is 12.0. The predicted octanol–water partition coefficient (Wildman–Crippen LogP) is 5.53. The summed E-state index contributed by atoms with van der Waals surface area (Å²) in [6.07, 6.45) is 11.2. The number of carboxylic acid groups (broad SMARTS) is 1. The van der Waals surface area contributed by atoms with Gasteiger partial charge in [0.05, 0.1) is 5.92 Å². The van der Waals surface area contributed by atoms with Crippen molar-refractivity contribution in [2.24, 2.45) is 5.92 Å². The fraction of sp³-hybridized carbons (Fsp3) is 0.714. The van der Waals surface area contributed by atoms with Crippen LogP contribution in [0.15, 0.2) is 18.2 Å². The Labute approximate surface area is 211 Å². The molecule has 0 aromatic heterocycles. The normalized spacial score (nSPS) is 20.9. The molecule has 198 valence electrons. The summed E-state index contributed by atoms with van der Waals surface area (Å²) >= 11 is 0. The van der Waals surface area contributed by atoms with E-state index >= 15 is 0 Å².